The third kappa shape index (κ3) is 3.33. The van der Waals surface area contributed by atoms with Gasteiger partial charge in [-0.05, 0) is 30.3 Å². The molecule has 102 valence electrons. The minimum Gasteiger partial charge on any atom is -0.260 e. The fourth-order valence-electron chi connectivity index (χ4n) is 1.53. The van der Waals surface area contributed by atoms with Gasteiger partial charge in [0.2, 0.25) is 10.0 Å². The van der Waals surface area contributed by atoms with Gasteiger partial charge in [-0.1, -0.05) is 17.7 Å². The first kappa shape index (κ1) is 14.5. The van der Waals surface area contributed by atoms with Crippen LogP contribution in [0.25, 0.3) is 0 Å². The van der Waals surface area contributed by atoms with Gasteiger partial charge in [0.05, 0.1) is 28.9 Å². The number of nitriles is 1. The van der Waals surface area contributed by atoms with Crippen LogP contribution in [0, 0.1) is 11.3 Å². The molecule has 1 heterocycles. The van der Waals surface area contributed by atoms with E-state index in [2.05, 4.69) is 9.71 Å². The fourth-order valence-corrected chi connectivity index (χ4v) is 3.05. The molecule has 0 amide bonds. The predicted molar refractivity (Wildman–Crippen MR) is 74.4 cm³/mol. The second-order valence-electron chi connectivity index (χ2n) is 3.90. The fraction of sp³-hybridized carbons (Fsp3) is 0.0769. The van der Waals surface area contributed by atoms with Crippen molar-refractivity contribution < 1.29 is 8.42 Å². The number of halogens is 1. The highest BCUT2D eigenvalue weighted by atomic mass is 35.5. The van der Waals surface area contributed by atoms with Gasteiger partial charge in [-0.25, -0.2) is 13.1 Å². The number of hydrogen-bond acceptors (Lipinski definition) is 4. The molecule has 0 aliphatic rings. The Bertz CT molecular complexity index is 755. The Kier molecular flexibility index (Phi) is 4.35. The number of nitrogens with one attached hydrogen (secondary N) is 1. The van der Waals surface area contributed by atoms with Gasteiger partial charge in [0.1, 0.15) is 4.90 Å². The van der Waals surface area contributed by atoms with Crippen molar-refractivity contribution in [3.63, 3.8) is 0 Å². The van der Waals surface area contributed by atoms with Crippen LogP contribution in [0.1, 0.15) is 11.3 Å². The quantitative estimate of drug-likeness (QED) is 0.937. The molecule has 20 heavy (non-hydrogen) atoms. The van der Waals surface area contributed by atoms with E-state index in [1.807, 2.05) is 6.07 Å². The molecular weight excluding hydrogens is 298 g/mol. The number of benzene rings is 1. The van der Waals surface area contributed by atoms with E-state index >= 15 is 0 Å². The monoisotopic (exact) mass is 307 g/mol. The summed E-state index contributed by atoms with van der Waals surface area (Å²) in [5.41, 5.74) is 0.816. The average molecular weight is 308 g/mol. The minimum atomic E-state index is -3.79. The molecule has 0 atom stereocenters. The molecule has 0 fully saturated rings. The first-order valence-electron chi connectivity index (χ1n) is 5.62. The molecule has 0 radical (unpaired) electrons. The largest absolute Gasteiger partial charge is 0.260 e. The van der Waals surface area contributed by atoms with Crippen molar-refractivity contribution in [2.24, 2.45) is 0 Å². The molecule has 7 heteroatoms. The molecule has 5 nitrogen and oxygen atoms in total. The maximum absolute atomic E-state index is 12.2. The number of aromatic nitrogens is 1. The molecule has 1 N–H and O–H groups in total. The maximum Gasteiger partial charge on any atom is 0.242 e. The summed E-state index contributed by atoms with van der Waals surface area (Å²) in [6.45, 7) is 0.0519. The highest BCUT2D eigenvalue weighted by Crippen LogP contribution is 2.22. The number of nitrogens with zero attached hydrogens (tertiary/aromatic N) is 2. The molecule has 0 spiro atoms. The molecule has 0 bridgehead atoms. The minimum absolute atomic E-state index is 0.0519. The van der Waals surface area contributed by atoms with Gasteiger partial charge in [0.15, 0.2) is 0 Å². The number of sulfonamides is 1. The molecule has 1 aromatic heterocycles. The SMILES string of the molecule is N#Cc1ccc(Cl)c(S(=O)(=O)NCc2ccccn2)c1. The number of pyridine rings is 1. The van der Waals surface area contributed by atoms with Crippen molar-refractivity contribution in [3.8, 4) is 6.07 Å². The molecule has 1 aromatic carbocycles. The van der Waals surface area contributed by atoms with Crippen LogP contribution in [0.15, 0.2) is 47.5 Å². The van der Waals surface area contributed by atoms with Crippen LogP contribution < -0.4 is 4.72 Å². The Hall–Kier alpha value is -1.94. The van der Waals surface area contributed by atoms with Crippen molar-refractivity contribution in [2.75, 3.05) is 0 Å². The van der Waals surface area contributed by atoms with Crippen LogP contribution in [0.3, 0.4) is 0 Å². The topological polar surface area (TPSA) is 82.8 Å². The third-order valence-electron chi connectivity index (χ3n) is 2.52. The zero-order valence-corrected chi connectivity index (χ0v) is 11.8. The Balaban J connectivity index is 2.25. The van der Waals surface area contributed by atoms with Crippen molar-refractivity contribution in [1.82, 2.24) is 9.71 Å². The summed E-state index contributed by atoms with van der Waals surface area (Å²) in [7, 11) is -3.79. The van der Waals surface area contributed by atoms with Crippen LogP contribution in [0.2, 0.25) is 5.02 Å². The van der Waals surface area contributed by atoms with Gasteiger partial charge in [-0.15, -0.1) is 0 Å². The number of rotatable bonds is 4. The van der Waals surface area contributed by atoms with Crippen LogP contribution >= 0.6 is 11.6 Å². The zero-order chi connectivity index (χ0) is 14.6. The van der Waals surface area contributed by atoms with E-state index in [1.54, 1.807) is 24.4 Å². The smallest absolute Gasteiger partial charge is 0.242 e. The summed E-state index contributed by atoms with van der Waals surface area (Å²) >= 11 is 5.88. The van der Waals surface area contributed by atoms with Crippen LogP contribution in [-0.2, 0) is 16.6 Å². The van der Waals surface area contributed by atoms with E-state index in [0.717, 1.165) is 0 Å². The molecule has 0 saturated carbocycles. The number of hydrogen-bond donors (Lipinski definition) is 1. The second-order valence-corrected chi connectivity index (χ2v) is 6.05. The summed E-state index contributed by atoms with van der Waals surface area (Å²) in [5.74, 6) is 0. The van der Waals surface area contributed by atoms with Gasteiger partial charge in [0.25, 0.3) is 0 Å². The summed E-state index contributed by atoms with van der Waals surface area (Å²) in [6, 6.07) is 11.2. The lowest BCUT2D eigenvalue weighted by Gasteiger charge is -2.08. The molecule has 0 saturated heterocycles. The van der Waals surface area contributed by atoms with E-state index in [0.29, 0.717) is 5.69 Å². The highest BCUT2D eigenvalue weighted by molar-refractivity contribution is 7.89. The zero-order valence-electron chi connectivity index (χ0n) is 10.2. The predicted octanol–water partition coefficient (Wildman–Crippen LogP) is 2.09. The second kappa shape index (κ2) is 6.01. The Morgan fingerprint density at radius 3 is 2.75 bits per heavy atom. The molecule has 2 rings (SSSR count). The standard InChI is InChI=1S/C13H10ClN3O2S/c14-12-5-4-10(8-15)7-13(12)20(18,19)17-9-11-3-1-2-6-16-11/h1-7,17H,9H2. The Morgan fingerprint density at radius 1 is 1.30 bits per heavy atom. The summed E-state index contributed by atoms with van der Waals surface area (Å²) in [5, 5.41) is 8.88. The van der Waals surface area contributed by atoms with Gasteiger partial charge in [-0.2, -0.15) is 5.26 Å². The van der Waals surface area contributed by atoms with Gasteiger partial charge >= 0.3 is 0 Å². The van der Waals surface area contributed by atoms with Crippen molar-refractivity contribution in [3.05, 3.63) is 58.9 Å². The highest BCUT2D eigenvalue weighted by Gasteiger charge is 2.18. The van der Waals surface area contributed by atoms with E-state index in [-0.39, 0.29) is 22.0 Å². The van der Waals surface area contributed by atoms with Gasteiger partial charge < -0.3 is 0 Å². The van der Waals surface area contributed by atoms with Crippen molar-refractivity contribution in [1.29, 1.82) is 5.26 Å². The van der Waals surface area contributed by atoms with Crippen LogP contribution in [-0.4, -0.2) is 13.4 Å². The summed E-state index contributed by atoms with van der Waals surface area (Å²) < 4.78 is 26.7. The summed E-state index contributed by atoms with van der Waals surface area (Å²) in [4.78, 5) is 3.90. The van der Waals surface area contributed by atoms with E-state index in [1.165, 1.54) is 18.2 Å². The van der Waals surface area contributed by atoms with Crippen molar-refractivity contribution >= 4 is 21.6 Å². The van der Waals surface area contributed by atoms with Gasteiger partial charge in [0, 0.05) is 6.20 Å². The first-order chi connectivity index (χ1) is 9.53. The van der Waals surface area contributed by atoms with E-state index < -0.39 is 10.0 Å². The van der Waals surface area contributed by atoms with Crippen LogP contribution in [0.5, 0.6) is 0 Å². The molecular formula is C13H10ClN3O2S. The lowest BCUT2D eigenvalue weighted by Crippen LogP contribution is -2.24. The molecule has 0 unspecified atom stereocenters. The molecule has 0 aliphatic carbocycles. The molecule has 2 aromatic rings. The van der Waals surface area contributed by atoms with E-state index in [9.17, 15) is 8.42 Å². The first-order valence-corrected chi connectivity index (χ1v) is 7.48. The Labute approximate surface area is 121 Å². The van der Waals surface area contributed by atoms with Crippen molar-refractivity contribution in [2.45, 2.75) is 11.4 Å². The van der Waals surface area contributed by atoms with Gasteiger partial charge in [-0.3, -0.25) is 4.98 Å². The summed E-state index contributed by atoms with van der Waals surface area (Å²) in [6.07, 6.45) is 1.58. The maximum atomic E-state index is 12.2. The molecule has 0 aliphatic heterocycles. The average Bonchev–Trinajstić information content (AvgIpc) is 2.47. The lowest BCUT2D eigenvalue weighted by molar-refractivity contribution is 0.580. The third-order valence-corrected chi connectivity index (χ3v) is 4.40. The lowest BCUT2D eigenvalue weighted by atomic mass is 10.2. The Morgan fingerprint density at radius 2 is 2.10 bits per heavy atom. The van der Waals surface area contributed by atoms with Crippen LogP contribution in [0.4, 0.5) is 0 Å². The normalized spacial score (nSPS) is 11.0. The van der Waals surface area contributed by atoms with E-state index in [4.69, 9.17) is 16.9 Å².